The molecule has 0 aliphatic carbocycles. The maximum Gasteiger partial charge on any atom is 0.338 e. The molecule has 0 aliphatic heterocycles. The molecular weight excluding hydrogens is 371 g/mol. The zero-order chi connectivity index (χ0) is 20.2. The maximum absolute atomic E-state index is 13.7. The number of nitrogens with zero attached hydrogens (tertiary/aromatic N) is 1. The number of H-pyrrole nitrogens is 1. The number of carbonyl (C=O) groups excluding carboxylic acids is 1. The van der Waals surface area contributed by atoms with Gasteiger partial charge < -0.3 is 9.72 Å². The highest BCUT2D eigenvalue weighted by atomic mass is 19.1. The summed E-state index contributed by atoms with van der Waals surface area (Å²) in [5.74, 6) is -0.540. The molecule has 29 heavy (non-hydrogen) atoms. The molecular formula is C23H17FN2O3. The fraction of sp³-hybridized carbons (Fsp3) is 0.0870. The third-order valence-corrected chi connectivity index (χ3v) is 4.57. The van der Waals surface area contributed by atoms with Crippen LogP contribution in [0.3, 0.4) is 0 Å². The zero-order valence-corrected chi connectivity index (χ0v) is 15.4. The molecule has 144 valence electrons. The molecule has 0 aliphatic rings. The van der Waals surface area contributed by atoms with Gasteiger partial charge in [-0.1, -0.05) is 48.5 Å². The van der Waals surface area contributed by atoms with E-state index in [2.05, 4.69) is 9.97 Å². The van der Waals surface area contributed by atoms with E-state index in [1.807, 2.05) is 6.07 Å². The lowest BCUT2D eigenvalue weighted by atomic mass is 10.0. The minimum Gasteiger partial charge on any atom is -0.457 e. The molecule has 0 unspecified atom stereocenters. The maximum atomic E-state index is 13.7. The number of halogens is 1. The summed E-state index contributed by atoms with van der Waals surface area (Å²) in [5.41, 5.74) is 1.67. The van der Waals surface area contributed by atoms with Crippen molar-refractivity contribution in [2.24, 2.45) is 0 Å². The predicted octanol–water partition coefficient (Wildman–Crippen LogP) is 4.01. The largest absolute Gasteiger partial charge is 0.457 e. The van der Waals surface area contributed by atoms with E-state index in [0.717, 1.165) is 0 Å². The lowest BCUT2D eigenvalue weighted by Crippen LogP contribution is -2.14. The van der Waals surface area contributed by atoms with Gasteiger partial charge in [0, 0.05) is 12.0 Å². The minimum absolute atomic E-state index is 0.162. The molecule has 0 saturated heterocycles. The van der Waals surface area contributed by atoms with E-state index >= 15 is 0 Å². The van der Waals surface area contributed by atoms with Crippen molar-refractivity contribution >= 4 is 16.9 Å². The van der Waals surface area contributed by atoms with Crippen molar-refractivity contribution in [2.75, 3.05) is 0 Å². The molecule has 4 aromatic rings. The first-order chi connectivity index (χ1) is 14.1. The van der Waals surface area contributed by atoms with Gasteiger partial charge >= 0.3 is 5.97 Å². The Morgan fingerprint density at radius 1 is 0.931 bits per heavy atom. The van der Waals surface area contributed by atoms with Crippen LogP contribution < -0.4 is 5.56 Å². The predicted molar refractivity (Wildman–Crippen MR) is 107 cm³/mol. The molecule has 1 N–H and O–H groups in total. The Bertz CT molecular complexity index is 1250. The Hall–Kier alpha value is -3.80. The molecule has 1 heterocycles. The third kappa shape index (κ3) is 4.06. The van der Waals surface area contributed by atoms with Crippen LogP contribution in [0.2, 0.25) is 0 Å². The van der Waals surface area contributed by atoms with Crippen molar-refractivity contribution in [1.82, 2.24) is 9.97 Å². The minimum atomic E-state index is -0.563. The summed E-state index contributed by atoms with van der Waals surface area (Å²) in [6.07, 6.45) is 0.255. The molecule has 0 atom stereocenters. The van der Waals surface area contributed by atoms with Crippen molar-refractivity contribution in [3.05, 3.63) is 111 Å². The van der Waals surface area contributed by atoms with Gasteiger partial charge in [0.1, 0.15) is 18.2 Å². The Morgan fingerprint density at radius 2 is 1.62 bits per heavy atom. The summed E-state index contributed by atoms with van der Waals surface area (Å²) in [4.78, 5) is 32.1. The number of aromatic nitrogens is 2. The SMILES string of the molecule is O=C(OCc1ccccc1F)c1ccccc1Cc1nc2ccccc2c(=O)[nH]1. The lowest BCUT2D eigenvalue weighted by Gasteiger charge is -2.10. The van der Waals surface area contributed by atoms with Gasteiger partial charge in [0.15, 0.2) is 0 Å². The number of fused-ring (bicyclic) bond motifs is 1. The van der Waals surface area contributed by atoms with E-state index in [0.29, 0.717) is 33.4 Å². The highest BCUT2D eigenvalue weighted by Crippen LogP contribution is 2.16. The first-order valence-corrected chi connectivity index (χ1v) is 9.08. The normalized spacial score (nSPS) is 10.8. The lowest BCUT2D eigenvalue weighted by molar-refractivity contribution is 0.0468. The van der Waals surface area contributed by atoms with Crippen molar-refractivity contribution in [3.63, 3.8) is 0 Å². The first-order valence-electron chi connectivity index (χ1n) is 9.08. The molecule has 5 nitrogen and oxygen atoms in total. The van der Waals surface area contributed by atoms with E-state index in [9.17, 15) is 14.0 Å². The van der Waals surface area contributed by atoms with Crippen LogP contribution in [0.15, 0.2) is 77.6 Å². The topological polar surface area (TPSA) is 72.0 Å². The van der Waals surface area contributed by atoms with Gasteiger partial charge in [-0.15, -0.1) is 0 Å². The van der Waals surface area contributed by atoms with Crippen LogP contribution in [-0.4, -0.2) is 15.9 Å². The van der Waals surface area contributed by atoms with Crippen LogP contribution in [0.1, 0.15) is 27.3 Å². The van der Waals surface area contributed by atoms with Gasteiger partial charge in [0.05, 0.1) is 16.5 Å². The standard InChI is InChI=1S/C23H17FN2O3/c24-19-11-5-2-8-16(19)14-29-23(28)17-9-3-1-7-15(17)13-21-25-20-12-6-4-10-18(20)22(27)26-21/h1-12H,13-14H2,(H,25,26,27). The van der Waals surface area contributed by atoms with Gasteiger partial charge in [0.2, 0.25) is 0 Å². The number of rotatable bonds is 5. The average Bonchev–Trinajstić information content (AvgIpc) is 2.73. The average molecular weight is 388 g/mol. The summed E-state index contributed by atoms with van der Waals surface area (Å²) >= 11 is 0. The smallest absolute Gasteiger partial charge is 0.338 e. The van der Waals surface area contributed by atoms with Crippen LogP contribution in [-0.2, 0) is 17.8 Å². The summed E-state index contributed by atoms with van der Waals surface area (Å²) in [6.45, 7) is -0.162. The molecule has 3 aromatic carbocycles. The number of hydrogen-bond donors (Lipinski definition) is 1. The summed E-state index contributed by atoms with van der Waals surface area (Å²) in [6, 6.07) is 20.1. The van der Waals surface area contributed by atoms with Gasteiger partial charge in [-0.2, -0.15) is 0 Å². The second kappa shape index (κ2) is 8.06. The molecule has 1 aromatic heterocycles. The second-order valence-electron chi connectivity index (χ2n) is 6.53. The number of aromatic amines is 1. The third-order valence-electron chi connectivity index (χ3n) is 4.57. The Kier molecular flexibility index (Phi) is 5.16. The molecule has 0 fully saturated rings. The molecule has 0 amide bonds. The summed E-state index contributed by atoms with van der Waals surface area (Å²) < 4.78 is 19.0. The molecule has 0 saturated carbocycles. The Morgan fingerprint density at radius 3 is 2.45 bits per heavy atom. The number of carbonyl (C=O) groups is 1. The first kappa shape index (κ1) is 18.6. The fourth-order valence-electron chi connectivity index (χ4n) is 3.11. The van der Waals surface area contributed by atoms with Crippen molar-refractivity contribution < 1.29 is 13.9 Å². The van der Waals surface area contributed by atoms with Gasteiger partial charge in [-0.3, -0.25) is 4.79 Å². The molecule has 6 heteroatoms. The molecule has 0 spiro atoms. The number of benzene rings is 3. The van der Waals surface area contributed by atoms with Gasteiger partial charge in [0.25, 0.3) is 5.56 Å². The van der Waals surface area contributed by atoms with Crippen molar-refractivity contribution in [3.8, 4) is 0 Å². The Labute approximate surface area is 165 Å². The summed E-state index contributed by atoms with van der Waals surface area (Å²) in [5, 5.41) is 0.508. The van der Waals surface area contributed by atoms with Crippen LogP contribution in [0.4, 0.5) is 4.39 Å². The van der Waals surface area contributed by atoms with Crippen LogP contribution >= 0.6 is 0 Å². The van der Waals surface area contributed by atoms with E-state index in [1.165, 1.54) is 6.07 Å². The van der Waals surface area contributed by atoms with Crippen LogP contribution in [0.5, 0.6) is 0 Å². The summed E-state index contributed by atoms with van der Waals surface area (Å²) in [7, 11) is 0. The van der Waals surface area contributed by atoms with Gasteiger partial charge in [-0.05, 0) is 29.8 Å². The van der Waals surface area contributed by atoms with E-state index in [-0.39, 0.29) is 18.6 Å². The monoisotopic (exact) mass is 388 g/mol. The van der Waals surface area contributed by atoms with Crippen molar-refractivity contribution in [1.29, 1.82) is 0 Å². The number of para-hydroxylation sites is 1. The highest BCUT2D eigenvalue weighted by molar-refractivity contribution is 5.91. The number of nitrogens with one attached hydrogen (secondary N) is 1. The molecule has 0 radical (unpaired) electrons. The number of esters is 1. The second-order valence-corrected chi connectivity index (χ2v) is 6.53. The van der Waals surface area contributed by atoms with E-state index < -0.39 is 11.8 Å². The Balaban J connectivity index is 1.58. The van der Waals surface area contributed by atoms with E-state index in [1.54, 1.807) is 60.7 Å². The number of hydrogen-bond acceptors (Lipinski definition) is 4. The van der Waals surface area contributed by atoms with Crippen LogP contribution in [0.25, 0.3) is 10.9 Å². The molecule has 4 rings (SSSR count). The number of ether oxygens (including phenoxy) is 1. The van der Waals surface area contributed by atoms with Crippen molar-refractivity contribution in [2.45, 2.75) is 13.0 Å². The molecule has 0 bridgehead atoms. The van der Waals surface area contributed by atoms with Crippen LogP contribution in [0, 0.1) is 5.82 Å². The van der Waals surface area contributed by atoms with Gasteiger partial charge in [-0.25, -0.2) is 14.2 Å². The zero-order valence-electron chi connectivity index (χ0n) is 15.4. The highest BCUT2D eigenvalue weighted by Gasteiger charge is 2.15. The fourth-order valence-corrected chi connectivity index (χ4v) is 3.11. The van der Waals surface area contributed by atoms with E-state index in [4.69, 9.17) is 4.74 Å². The quantitative estimate of drug-likeness (QED) is 0.525.